The molecule has 1 rings (SSSR count). The molecule has 0 fully saturated rings. The molecule has 0 saturated heterocycles. The van der Waals surface area contributed by atoms with Crippen molar-refractivity contribution in [1.82, 2.24) is 5.32 Å². The molecule has 0 unspecified atom stereocenters. The lowest BCUT2D eigenvalue weighted by Gasteiger charge is -2.26. The number of nitrogens with one attached hydrogen (secondary N) is 1. The molecule has 0 radical (unpaired) electrons. The van der Waals surface area contributed by atoms with E-state index in [1.165, 1.54) is 0 Å². The Hall–Kier alpha value is -2.13. The lowest BCUT2D eigenvalue weighted by atomic mass is 9.99. The van der Waals surface area contributed by atoms with Gasteiger partial charge in [-0.05, 0) is 39.0 Å². The third-order valence-corrected chi connectivity index (χ3v) is 2.70. The molecule has 2 N–H and O–H groups in total. The van der Waals surface area contributed by atoms with Crippen molar-refractivity contribution < 1.29 is 23.4 Å². The van der Waals surface area contributed by atoms with Crippen molar-refractivity contribution in [3.8, 4) is 12.3 Å². The fourth-order valence-corrected chi connectivity index (χ4v) is 1.79. The average Bonchev–Trinajstić information content (AvgIpc) is 2.38. The first-order chi connectivity index (χ1) is 10.1. The summed E-state index contributed by atoms with van der Waals surface area (Å²) in [4.78, 5) is 11.8. The second kappa shape index (κ2) is 7.23. The average molecular weight is 311 g/mol. The van der Waals surface area contributed by atoms with Crippen molar-refractivity contribution in [2.24, 2.45) is 0 Å². The van der Waals surface area contributed by atoms with Crippen molar-refractivity contribution in [2.75, 3.05) is 0 Å². The number of terminal acetylenes is 1. The molecule has 4 nitrogen and oxygen atoms in total. The van der Waals surface area contributed by atoms with Crippen molar-refractivity contribution in [2.45, 2.75) is 44.9 Å². The number of carbonyl (C=O) groups excluding carboxylic acids is 1. The molecular formula is C16H19F2NO3. The van der Waals surface area contributed by atoms with Gasteiger partial charge in [-0.2, -0.15) is 0 Å². The molecule has 1 aromatic carbocycles. The van der Waals surface area contributed by atoms with Crippen LogP contribution in [0.1, 0.15) is 38.9 Å². The Morgan fingerprint density at radius 1 is 1.45 bits per heavy atom. The SMILES string of the molecule is C#CC[C@@H](NC(=O)OC(C)(C)C)[C@H](O)c1cc(F)ccc1F. The Morgan fingerprint density at radius 3 is 2.64 bits per heavy atom. The van der Waals surface area contributed by atoms with Gasteiger partial charge in [-0.3, -0.25) is 0 Å². The van der Waals surface area contributed by atoms with Gasteiger partial charge in [0, 0.05) is 12.0 Å². The number of amides is 1. The van der Waals surface area contributed by atoms with Crippen LogP contribution in [0, 0.1) is 24.0 Å². The second-order valence-electron chi connectivity index (χ2n) is 5.77. The maximum absolute atomic E-state index is 13.7. The largest absolute Gasteiger partial charge is 0.444 e. The highest BCUT2D eigenvalue weighted by Gasteiger charge is 2.27. The summed E-state index contributed by atoms with van der Waals surface area (Å²) in [7, 11) is 0. The number of hydrogen-bond donors (Lipinski definition) is 2. The standard InChI is InChI=1S/C16H19F2NO3/c1-5-6-13(19-15(21)22-16(2,3)4)14(20)11-9-10(17)7-8-12(11)18/h1,7-9,13-14,20H,6H2,2-4H3,(H,19,21)/t13-,14-/m1/s1. The number of aliphatic hydroxyl groups is 1. The first kappa shape index (κ1) is 17.9. The summed E-state index contributed by atoms with van der Waals surface area (Å²) in [6.07, 6.45) is 2.82. The van der Waals surface area contributed by atoms with Gasteiger partial charge in [0.05, 0.1) is 6.04 Å². The maximum atomic E-state index is 13.7. The van der Waals surface area contributed by atoms with E-state index in [1.54, 1.807) is 20.8 Å². The van der Waals surface area contributed by atoms with Crippen LogP contribution < -0.4 is 5.32 Å². The van der Waals surface area contributed by atoms with Gasteiger partial charge >= 0.3 is 6.09 Å². The third kappa shape index (κ3) is 5.34. The molecule has 22 heavy (non-hydrogen) atoms. The van der Waals surface area contributed by atoms with Crippen LogP contribution in [0.2, 0.25) is 0 Å². The smallest absolute Gasteiger partial charge is 0.408 e. The lowest BCUT2D eigenvalue weighted by Crippen LogP contribution is -2.42. The van der Waals surface area contributed by atoms with Gasteiger partial charge < -0.3 is 15.2 Å². The minimum atomic E-state index is -1.50. The van der Waals surface area contributed by atoms with E-state index in [1.807, 2.05) is 0 Å². The molecule has 1 aromatic rings. The van der Waals surface area contributed by atoms with Gasteiger partial charge in [0.2, 0.25) is 0 Å². The fourth-order valence-electron chi connectivity index (χ4n) is 1.79. The maximum Gasteiger partial charge on any atom is 0.408 e. The third-order valence-electron chi connectivity index (χ3n) is 2.70. The van der Waals surface area contributed by atoms with Crippen LogP contribution in [-0.4, -0.2) is 22.8 Å². The Bertz CT molecular complexity index is 576. The van der Waals surface area contributed by atoms with E-state index < -0.39 is 35.5 Å². The van der Waals surface area contributed by atoms with Crippen LogP contribution in [0.4, 0.5) is 13.6 Å². The molecule has 0 bridgehead atoms. The lowest BCUT2D eigenvalue weighted by molar-refractivity contribution is 0.0421. The number of ether oxygens (including phenoxy) is 1. The predicted molar refractivity (Wildman–Crippen MR) is 77.9 cm³/mol. The van der Waals surface area contributed by atoms with Crippen LogP contribution >= 0.6 is 0 Å². The van der Waals surface area contributed by atoms with Crippen molar-refractivity contribution in [3.05, 3.63) is 35.4 Å². The van der Waals surface area contributed by atoms with E-state index in [9.17, 15) is 18.7 Å². The summed E-state index contributed by atoms with van der Waals surface area (Å²) in [5.41, 5.74) is -1.02. The summed E-state index contributed by atoms with van der Waals surface area (Å²) in [5, 5.41) is 12.6. The van der Waals surface area contributed by atoms with Gasteiger partial charge in [0.1, 0.15) is 23.3 Å². The molecule has 6 heteroatoms. The molecule has 2 atom stereocenters. The summed E-state index contributed by atoms with van der Waals surface area (Å²) < 4.78 is 32.0. The van der Waals surface area contributed by atoms with Crippen molar-refractivity contribution in [1.29, 1.82) is 0 Å². The zero-order chi connectivity index (χ0) is 16.9. The highest BCUT2D eigenvalue weighted by Crippen LogP contribution is 2.23. The van der Waals surface area contributed by atoms with E-state index in [-0.39, 0.29) is 12.0 Å². The van der Waals surface area contributed by atoms with Crippen LogP contribution in [-0.2, 0) is 4.74 Å². The summed E-state index contributed by atoms with van der Waals surface area (Å²) in [6, 6.07) is 1.69. The molecule has 0 aliphatic carbocycles. The second-order valence-corrected chi connectivity index (χ2v) is 5.77. The quantitative estimate of drug-likeness (QED) is 0.841. The predicted octanol–water partition coefficient (Wildman–Crippen LogP) is 2.91. The van der Waals surface area contributed by atoms with Crippen molar-refractivity contribution in [3.63, 3.8) is 0 Å². The van der Waals surface area contributed by atoms with Crippen molar-refractivity contribution >= 4 is 6.09 Å². The monoisotopic (exact) mass is 311 g/mol. The Morgan fingerprint density at radius 2 is 2.09 bits per heavy atom. The number of alkyl carbamates (subject to hydrolysis) is 1. The van der Waals surface area contributed by atoms with Gasteiger partial charge in [-0.15, -0.1) is 12.3 Å². The minimum absolute atomic E-state index is 0.0731. The molecule has 0 heterocycles. The fraction of sp³-hybridized carbons (Fsp3) is 0.438. The summed E-state index contributed by atoms with van der Waals surface area (Å²) in [5.74, 6) is 0.783. The summed E-state index contributed by atoms with van der Waals surface area (Å²) >= 11 is 0. The zero-order valence-corrected chi connectivity index (χ0v) is 12.7. The first-order valence-corrected chi connectivity index (χ1v) is 6.70. The number of aliphatic hydroxyl groups excluding tert-OH is 1. The molecular weight excluding hydrogens is 292 g/mol. The Balaban J connectivity index is 2.93. The van der Waals surface area contributed by atoms with Crippen LogP contribution in [0.15, 0.2) is 18.2 Å². The molecule has 1 amide bonds. The highest BCUT2D eigenvalue weighted by molar-refractivity contribution is 5.68. The van der Waals surface area contributed by atoms with E-state index in [0.717, 1.165) is 18.2 Å². The van der Waals surface area contributed by atoms with E-state index in [0.29, 0.717) is 0 Å². The van der Waals surface area contributed by atoms with E-state index in [2.05, 4.69) is 11.2 Å². The highest BCUT2D eigenvalue weighted by atomic mass is 19.1. The number of benzene rings is 1. The number of hydrogen-bond acceptors (Lipinski definition) is 3. The first-order valence-electron chi connectivity index (χ1n) is 6.70. The normalized spacial score (nSPS) is 13.9. The van der Waals surface area contributed by atoms with Gasteiger partial charge in [-0.25, -0.2) is 13.6 Å². The topological polar surface area (TPSA) is 58.6 Å². The molecule has 0 aliphatic heterocycles. The Labute approximate surface area is 128 Å². The van der Waals surface area contributed by atoms with E-state index in [4.69, 9.17) is 11.2 Å². The van der Waals surface area contributed by atoms with Gasteiger partial charge in [-0.1, -0.05) is 0 Å². The number of rotatable bonds is 4. The van der Waals surface area contributed by atoms with Crippen LogP contribution in [0.5, 0.6) is 0 Å². The zero-order valence-electron chi connectivity index (χ0n) is 12.7. The molecule has 0 aromatic heterocycles. The number of carbonyl (C=O) groups is 1. The number of halogens is 2. The summed E-state index contributed by atoms with van der Waals surface area (Å²) in [6.45, 7) is 5.02. The molecule has 120 valence electrons. The van der Waals surface area contributed by atoms with Crippen LogP contribution in [0.3, 0.4) is 0 Å². The molecule has 0 spiro atoms. The minimum Gasteiger partial charge on any atom is -0.444 e. The van der Waals surface area contributed by atoms with Gasteiger partial charge in [0.25, 0.3) is 0 Å². The van der Waals surface area contributed by atoms with Crippen LogP contribution in [0.25, 0.3) is 0 Å². The van der Waals surface area contributed by atoms with E-state index >= 15 is 0 Å². The molecule has 0 saturated carbocycles. The Kier molecular flexibility index (Phi) is 5.89. The molecule has 0 aliphatic rings. The van der Waals surface area contributed by atoms with Gasteiger partial charge in [0.15, 0.2) is 0 Å².